The van der Waals surface area contributed by atoms with E-state index in [0.29, 0.717) is 5.56 Å². The predicted octanol–water partition coefficient (Wildman–Crippen LogP) is 13.0. The highest BCUT2D eigenvalue weighted by atomic mass is 32.1. The van der Waals surface area contributed by atoms with E-state index in [2.05, 4.69) is 140 Å². The van der Waals surface area contributed by atoms with Crippen molar-refractivity contribution < 1.29 is 0 Å². The van der Waals surface area contributed by atoms with E-state index in [1.165, 1.54) is 57.0 Å². The fourth-order valence-corrected chi connectivity index (χ4v) is 8.98. The number of hydrogen-bond acceptors (Lipinski definition) is 3. The topological polar surface area (TPSA) is 23.8 Å². The van der Waals surface area contributed by atoms with Gasteiger partial charge in [0.1, 0.15) is 0 Å². The van der Waals surface area contributed by atoms with Crippen molar-refractivity contribution in [1.29, 1.82) is 5.26 Å². The zero-order valence-corrected chi connectivity index (χ0v) is 26.3. The normalized spacial score (nSPS) is 11.5. The maximum absolute atomic E-state index is 10.0. The molecular weight excluding hydrogens is 595 g/mol. The monoisotopic (exact) mass is 619 g/mol. The second-order valence-electron chi connectivity index (χ2n) is 11.6. The van der Waals surface area contributed by atoms with E-state index in [1.807, 2.05) is 40.9 Å². The van der Waals surface area contributed by atoms with Crippen LogP contribution in [0.15, 0.2) is 152 Å². The van der Waals surface area contributed by atoms with Crippen molar-refractivity contribution >= 4 is 63.0 Å². The first-order chi connectivity index (χ1) is 22.7. The molecule has 9 rings (SSSR count). The lowest BCUT2D eigenvalue weighted by Crippen LogP contribution is -1.89. The van der Waals surface area contributed by atoms with E-state index < -0.39 is 0 Å². The van der Waals surface area contributed by atoms with Gasteiger partial charge in [-0.15, -0.1) is 22.7 Å². The van der Waals surface area contributed by atoms with Crippen LogP contribution in [0.1, 0.15) is 5.56 Å². The minimum atomic E-state index is 0.678. The third-order valence-electron chi connectivity index (χ3n) is 8.92. The summed E-state index contributed by atoms with van der Waals surface area (Å²) in [5.41, 5.74) is 9.79. The smallest absolute Gasteiger partial charge is 0.0998 e. The molecule has 0 aliphatic rings. The molecule has 0 spiro atoms. The molecule has 0 radical (unpaired) electrons. The largest absolute Gasteiger partial charge is 0.192 e. The Morgan fingerprint density at radius 2 is 0.957 bits per heavy atom. The van der Waals surface area contributed by atoms with Crippen molar-refractivity contribution in [2.45, 2.75) is 0 Å². The Morgan fingerprint density at radius 3 is 1.74 bits per heavy atom. The molecule has 2 aromatic heterocycles. The van der Waals surface area contributed by atoms with Crippen molar-refractivity contribution in [3.63, 3.8) is 0 Å². The highest BCUT2D eigenvalue weighted by Gasteiger charge is 2.15. The number of rotatable bonds is 4. The molecule has 7 aromatic carbocycles. The SMILES string of the molecule is N#Cc1ccccc1-c1cc(-c2ccc3sc4ccccc4c3c2)cc(-c2ccc3sc4c(-c5ccccc5)cccc4c3c2)c1. The van der Waals surface area contributed by atoms with Gasteiger partial charge < -0.3 is 0 Å². The van der Waals surface area contributed by atoms with Crippen LogP contribution in [0.4, 0.5) is 0 Å². The number of fused-ring (bicyclic) bond motifs is 6. The van der Waals surface area contributed by atoms with Gasteiger partial charge in [0.25, 0.3) is 0 Å². The number of thiophene rings is 2. The van der Waals surface area contributed by atoms with E-state index in [-0.39, 0.29) is 0 Å². The Morgan fingerprint density at radius 1 is 0.370 bits per heavy atom. The molecule has 0 saturated carbocycles. The first kappa shape index (κ1) is 26.8. The molecule has 0 unspecified atom stereocenters. The molecule has 0 fully saturated rings. The van der Waals surface area contributed by atoms with Crippen molar-refractivity contribution in [2.75, 3.05) is 0 Å². The van der Waals surface area contributed by atoms with E-state index in [1.54, 1.807) is 0 Å². The highest BCUT2D eigenvalue weighted by molar-refractivity contribution is 7.26. The average Bonchev–Trinajstić information content (AvgIpc) is 3.69. The van der Waals surface area contributed by atoms with Crippen LogP contribution in [0.2, 0.25) is 0 Å². The van der Waals surface area contributed by atoms with E-state index in [4.69, 9.17) is 0 Å². The zero-order chi connectivity index (χ0) is 30.6. The lowest BCUT2D eigenvalue weighted by molar-refractivity contribution is 1.48. The molecule has 0 atom stereocenters. The third kappa shape index (κ3) is 4.43. The fourth-order valence-electron chi connectivity index (χ4n) is 6.68. The molecule has 0 saturated heterocycles. The van der Waals surface area contributed by atoms with Gasteiger partial charge >= 0.3 is 0 Å². The summed E-state index contributed by atoms with van der Waals surface area (Å²) in [5.74, 6) is 0. The molecular formula is C43H25NS2. The highest BCUT2D eigenvalue weighted by Crippen LogP contribution is 2.43. The summed E-state index contributed by atoms with van der Waals surface area (Å²) in [6, 6.07) is 56.7. The van der Waals surface area contributed by atoms with Gasteiger partial charge in [0.05, 0.1) is 11.6 Å². The standard InChI is InChI=1S/C43H25NS2/c44-26-30-11-4-5-12-34(30)33-22-31(28-17-19-41-38(24-28)36-13-6-7-16-40(36)45-41)21-32(23-33)29-18-20-42-39(25-29)37-15-8-14-35(43(37)46-42)27-9-2-1-3-10-27/h1-25H. The van der Waals surface area contributed by atoms with Gasteiger partial charge in [0.15, 0.2) is 0 Å². The molecule has 46 heavy (non-hydrogen) atoms. The number of hydrogen-bond donors (Lipinski definition) is 0. The maximum atomic E-state index is 10.0. The Kier molecular flexibility index (Phi) is 6.31. The Balaban J connectivity index is 1.25. The molecule has 0 aliphatic carbocycles. The van der Waals surface area contributed by atoms with Crippen LogP contribution < -0.4 is 0 Å². The Hall–Kier alpha value is -5.53. The molecule has 2 heterocycles. The van der Waals surface area contributed by atoms with E-state index in [0.717, 1.165) is 27.8 Å². The second kappa shape index (κ2) is 10.8. The van der Waals surface area contributed by atoms with Crippen molar-refractivity contribution in [1.82, 2.24) is 0 Å². The summed E-state index contributed by atoms with van der Waals surface area (Å²) in [4.78, 5) is 0. The lowest BCUT2D eigenvalue weighted by Gasteiger charge is -2.13. The summed E-state index contributed by atoms with van der Waals surface area (Å²) in [6.45, 7) is 0. The summed E-state index contributed by atoms with van der Waals surface area (Å²) in [7, 11) is 0. The Bertz CT molecular complexity index is 2650. The average molecular weight is 620 g/mol. The minimum absolute atomic E-state index is 0.678. The van der Waals surface area contributed by atoms with E-state index >= 15 is 0 Å². The van der Waals surface area contributed by atoms with Crippen LogP contribution in [0.25, 0.3) is 84.9 Å². The number of nitrogens with zero attached hydrogens (tertiary/aromatic N) is 1. The summed E-state index contributed by atoms with van der Waals surface area (Å²) in [6.07, 6.45) is 0. The van der Waals surface area contributed by atoms with Crippen molar-refractivity contribution in [3.05, 3.63) is 157 Å². The molecule has 0 bridgehead atoms. The quantitative estimate of drug-likeness (QED) is 0.192. The molecule has 0 aliphatic heterocycles. The van der Waals surface area contributed by atoms with Gasteiger partial charge in [-0.05, 0) is 99.1 Å². The van der Waals surface area contributed by atoms with Crippen LogP contribution in [0.5, 0.6) is 0 Å². The summed E-state index contributed by atoms with van der Waals surface area (Å²) in [5, 5.41) is 15.1. The van der Waals surface area contributed by atoms with Gasteiger partial charge in [-0.3, -0.25) is 0 Å². The first-order valence-electron chi connectivity index (χ1n) is 15.3. The van der Waals surface area contributed by atoms with Gasteiger partial charge in [-0.1, -0.05) is 97.1 Å². The predicted molar refractivity (Wildman–Crippen MR) is 199 cm³/mol. The van der Waals surface area contributed by atoms with Crippen molar-refractivity contribution in [2.24, 2.45) is 0 Å². The third-order valence-corrected chi connectivity index (χ3v) is 11.3. The molecule has 1 nitrogen and oxygen atoms in total. The fraction of sp³-hybridized carbons (Fsp3) is 0. The van der Waals surface area contributed by atoms with Crippen LogP contribution in [0.3, 0.4) is 0 Å². The number of nitriles is 1. The minimum Gasteiger partial charge on any atom is -0.192 e. The van der Waals surface area contributed by atoms with Crippen LogP contribution in [-0.4, -0.2) is 0 Å². The second-order valence-corrected chi connectivity index (χ2v) is 13.8. The first-order valence-corrected chi connectivity index (χ1v) is 16.9. The maximum Gasteiger partial charge on any atom is 0.0998 e. The summed E-state index contributed by atoms with van der Waals surface area (Å²) < 4.78 is 5.19. The molecule has 3 heteroatoms. The Labute approximate surface area is 274 Å². The zero-order valence-electron chi connectivity index (χ0n) is 24.7. The van der Waals surface area contributed by atoms with Crippen LogP contribution >= 0.6 is 22.7 Å². The van der Waals surface area contributed by atoms with Gasteiger partial charge in [-0.25, -0.2) is 0 Å². The van der Waals surface area contributed by atoms with Gasteiger partial charge in [-0.2, -0.15) is 5.26 Å². The van der Waals surface area contributed by atoms with Gasteiger partial charge in [0.2, 0.25) is 0 Å². The van der Waals surface area contributed by atoms with Crippen LogP contribution in [0, 0.1) is 11.3 Å². The molecule has 9 aromatic rings. The molecule has 214 valence electrons. The molecule has 0 amide bonds. The van der Waals surface area contributed by atoms with E-state index in [9.17, 15) is 5.26 Å². The lowest BCUT2D eigenvalue weighted by atomic mass is 9.91. The van der Waals surface area contributed by atoms with Gasteiger partial charge in [0, 0.05) is 40.3 Å². The number of benzene rings is 7. The van der Waals surface area contributed by atoms with Crippen LogP contribution in [-0.2, 0) is 0 Å². The molecule has 0 N–H and O–H groups in total. The summed E-state index contributed by atoms with van der Waals surface area (Å²) >= 11 is 3.70. The van der Waals surface area contributed by atoms with Crippen molar-refractivity contribution in [3.8, 4) is 50.6 Å².